The predicted octanol–water partition coefficient (Wildman–Crippen LogP) is 2.76. The van der Waals surface area contributed by atoms with E-state index in [1.165, 1.54) is 5.56 Å². The second kappa shape index (κ2) is 7.40. The van der Waals surface area contributed by atoms with Crippen LogP contribution in [-0.4, -0.2) is 36.5 Å². The van der Waals surface area contributed by atoms with Crippen LogP contribution in [0.15, 0.2) is 27.2 Å². The minimum atomic E-state index is 0.780. The van der Waals surface area contributed by atoms with Crippen molar-refractivity contribution >= 4 is 28.6 Å². The third kappa shape index (κ3) is 4.31. The van der Waals surface area contributed by atoms with Crippen LogP contribution >= 0.6 is 22.7 Å². The predicted molar refractivity (Wildman–Crippen MR) is 87.7 cm³/mol. The fourth-order valence-corrected chi connectivity index (χ4v) is 3.24. The Labute approximate surface area is 128 Å². The number of hydrogen-bond donors (Lipinski definition) is 1. The number of hydrogen-bond acceptors (Lipinski definition) is 4. The number of thiazole rings is 1. The van der Waals surface area contributed by atoms with Crippen molar-refractivity contribution in [3.05, 3.63) is 38.5 Å². The molecular weight excluding hydrogens is 288 g/mol. The van der Waals surface area contributed by atoms with Gasteiger partial charge in [0.25, 0.3) is 0 Å². The maximum absolute atomic E-state index is 4.48. The van der Waals surface area contributed by atoms with E-state index in [1.54, 1.807) is 22.7 Å². The Bertz CT molecular complexity index is 545. The van der Waals surface area contributed by atoms with Crippen molar-refractivity contribution in [2.75, 3.05) is 20.6 Å². The van der Waals surface area contributed by atoms with Gasteiger partial charge in [0.2, 0.25) is 0 Å². The summed E-state index contributed by atoms with van der Waals surface area (Å²) in [5.74, 6) is 0.908. The van der Waals surface area contributed by atoms with E-state index in [2.05, 4.69) is 42.4 Å². The number of rotatable bonds is 5. The van der Waals surface area contributed by atoms with Gasteiger partial charge in [0.15, 0.2) is 5.96 Å². The SMILES string of the molecule is CN=C(NCCc1ccsc1)N(C)Cc1csc(C)n1. The summed E-state index contributed by atoms with van der Waals surface area (Å²) in [6.45, 7) is 3.70. The van der Waals surface area contributed by atoms with Gasteiger partial charge in [0.05, 0.1) is 17.2 Å². The van der Waals surface area contributed by atoms with Crippen LogP contribution in [0.1, 0.15) is 16.3 Å². The lowest BCUT2D eigenvalue weighted by Gasteiger charge is -2.21. The summed E-state index contributed by atoms with van der Waals surface area (Å²) in [5.41, 5.74) is 2.46. The van der Waals surface area contributed by atoms with Gasteiger partial charge in [-0.2, -0.15) is 11.3 Å². The van der Waals surface area contributed by atoms with Gasteiger partial charge in [-0.25, -0.2) is 4.98 Å². The Hall–Kier alpha value is -1.40. The Morgan fingerprint density at radius 2 is 2.30 bits per heavy atom. The number of nitrogens with one attached hydrogen (secondary N) is 1. The molecule has 4 nitrogen and oxygen atoms in total. The van der Waals surface area contributed by atoms with Crippen molar-refractivity contribution < 1.29 is 0 Å². The molecular formula is C14H20N4S2. The van der Waals surface area contributed by atoms with Crippen LogP contribution in [0.2, 0.25) is 0 Å². The summed E-state index contributed by atoms with van der Waals surface area (Å²) in [6, 6.07) is 2.16. The molecule has 0 aliphatic rings. The topological polar surface area (TPSA) is 40.5 Å². The summed E-state index contributed by atoms with van der Waals surface area (Å²) < 4.78 is 0. The van der Waals surface area contributed by atoms with Gasteiger partial charge >= 0.3 is 0 Å². The van der Waals surface area contributed by atoms with Crippen molar-refractivity contribution in [1.82, 2.24) is 15.2 Å². The Balaban J connectivity index is 1.81. The van der Waals surface area contributed by atoms with E-state index in [4.69, 9.17) is 0 Å². The van der Waals surface area contributed by atoms with E-state index in [0.29, 0.717) is 0 Å². The Morgan fingerprint density at radius 1 is 1.45 bits per heavy atom. The maximum atomic E-state index is 4.48. The lowest BCUT2D eigenvalue weighted by molar-refractivity contribution is 0.471. The third-order valence-corrected chi connectivity index (χ3v) is 4.47. The highest BCUT2D eigenvalue weighted by atomic mass is 32.1. The zero-order chi connectivity index (χ0) is 14.4. The van der Waals surface area contributed by atoms with Gasteiger partial charge in [-0.05, 0) is 35.7 Å². The average molecular weight is 308 g/mol. The van der Waals surface area contributed by atoms with Crippen LogP contribution in [0.5, 0.6) is 0 Å². The smallest absolute Gasteiger partial charge is 0.193 e. The highest BCUT2D eigenvalue weighted by Crippen LogP contribution is 2.10. The van der Waals surface area contributed by atoms with Crippen molar-refractivity contribution in [3.8, 4) is 0 Å². The van der Waals surface area contributed by atoms with E-state index < -0.39 is 0 Å². The van der Waals surface area contributed by atoms with Crippen LogP contribution in [0.25, 0.3) is 0 Å². The van der Waals surface area contributed by atoms with Crippen LogP contribution in [0.4, 0.5) is 0 Å². The van der Waals surface area contributed by atoms with Gasteiger partial charge in [0, 0.05) is 26.0 Å². The van der Waals surface area contributed by atoms with Gasteiger partial charge in [-0.1, -0.05) is 0 Å². The first-order valence-electron chi connectivity index (χ1n) is 6.53. The molecule has 0 aliphatic heterocycles. The molecule has 2 heterocycles. The van der Waals surface area contributed by atoms with Gasteiger partial charge in [-0.3, -0.25) is 4.99 Å². The van der Waals surface area contributed by atoms with Gasteiger partial charge < -0.3 is 10.2 Å². The minimum absolute atomic E-state index is 0.780. The number of aliphatic imine (C=N–C) groups is 1. The molecule has 0 spiro atoms. The molecule has 0 saturated carbocycles. The van der Waals surface area contributed by atoms with E-state index in [-0.39, 0.29) is 0 Å². The first-order valence-corrected chi connectivity index (χ1v) is 8.35. The van der Waals surface area contributed by atoms with Gasteiger partial charge in [-0.15, -0.1) is 11.3 Å². The third-order valence-electron chi connectivity index (χ3n) is 2.92. The second-order valence-electron chi connectivity index (χ2n) is 4.57. The molecule has 20 heavy (non-hydrogen) atoms. The van der Waals surface area contributed by atoms with Crippen LogP contribution in [-0.2, 0) is 13.0 Å². The number of aryl methyl sites for hydroxylation is 1. The lowest BCUT2D eigenvalue weighted by atomic mass is 10.2. The molecule has 2 aromatic heterocycles. The number of aromatic nitrogens is 1. The first-order chi connectivity index (χ1) is 9.69. The Kier molecular flexibility index (Phi) is 5.55. The molecule has 2 rings (SSSR count). The zero-order valence-corrected chi connectivity index (χ0v) is 13.7. The highest BCUT2D eigenvalue weighted by molar-refractivity contribution is 7.09. The highest BCUT2D eigenvalue weighted by Gasteiger charge is 2.08. The second-order valence-corrected chi connectivity index (χ2v) is 6.41. The summed E-state index contributed by atoms with van der Waals surface area (Å²) in [5, 5.41) is 10.9. The largest absolute Gasteiger partial charge is 0.356 e. The number of thiophene rings is 1. The molecule has 6 heteroatoms. The summed E-state index contributed by atoms with van der Waals surface area (Å²) in [4.78, 5) is 10.9. The molecule has 0 unspecified atom stereocenters. The standard InChI is InChI=1S/C14H20N4S2/c1-11-17-13(10-20-11)8-18(3)14(15-2)16-6-4-12-5-7-19-9-12/h5,7,9-10H,4,6,8H2,1-3H3,(H,15,16). The fourth-order valence-electron chi connectivity index (χ4n) is 1.94. The van der Waals surface area contributed by atoms with Gasteiger partial charge in [0.1, 0.15) is 0 Å². The molecule has 108 valence electrons. The molecule has 2 aromatic rings. The van der Waals surface area contributed by atoms with E-state index >= 15 is 0 Å². The monoisotopic (exact) mass is 308 g/mol. The molecule has 0 bridgehead atoms. The average Bonchev–Trinajstić information content (AvgIpc) is 3.06. The first kappa shape index (κ1) is 15.0. The normalized spacial score (nSPS) is 11.7. The lowest BCUT2D eigenvalue weighted by Crippen LogP contribution is -2.39. The van der Waals surface area contributed by atoms with Crippen LogP contribution < -0.4 is 5.32 Å². The molecule has 0 amide bonds. The van der Waals surface area contributed by atoms with E-state index in [9.17, 15) is 0 Å². The fraction of sp³-hybridized carbons (Fsp3) is 0.429. The maximum Gasteiger partial charge on any atom is 0.193 e. The Morgan fingerprint density at radius 3 is 2.90 bits per heavy atom. The number of nitrogens with zero attached hydrogens (tertiary/aromatic N) is 3. The quantitative estimate of drug-likeness (QED) is 0.682. The minimum Gasteiger partial charge on any atom is -0.356 e. The van der Waals surface area contributed by atoms with Crippen molar-refractivity contribution in [3.63, 3.8) is 0 Å². The van der Waals surface area contributed by atoms with Crippen molar-refractivity contribution in [2.45, 2.75) is 19.9 Å². The molecule has 0 aromatic carbocycles. The number of guanidine groups is 1. The molecule has 0 atom stereocenters. The summed E-state index contributed by atoms with van der Waals surface area (Å²) in [7, 11) is 3.85. The zero-order valence-electron chi connectivity index (χ0n) is 12.1. The molecule has 1 N–H and O–H groups in total. The molecule has 0 radical (unpaired) electrons. The van der Waals surface area contributed by atoms with Crippen LogP contribution in [0, 0.1) is 6.92 Å². The van der Waals surface area contributed by atoms with E-state index in [0.717, 1.165) is 36.2 Å². The molecule has 0 saturated heterocycles. The summed E-state index contributed by atoms with van der Waals surface area (Å²) in [6.07, 6.45) is 1.02. The van der Waals surface area contributed by atoms with Crippen molar-refractivity contribution in [1.29, 1.82) is 0 Å². The summed E-state index contributed by atoms with van der Waals surface area (Å²) >= 11 is 3.42. The van der Waals surface area contributed by atoms with Crippen LogP contribution in [0.3, 0.4) is 0 Å². The molecule has 0 aliphatic carbocycles. The molecule has 0 fully saturated rings. The van der Waals surface area contributed by atoms with Crippen molar-refractivity contribution in [2.24, 2.45) is 4.99 Å². The van der Waals surface area contributed by atoms with E-state index in [1.807, 2.05) is 21.0 Å².